The molecule has 0 saturated carbocycles. The fraction of sp³-hybridized carbons (Fsp3) is 0.407. The van der Waals surface area contributed by atoms with Crippen LogP contribution in [0.1, 0.15) is 35.2 Å². The third-order valence-electron chi connectivity index (χ3n) is 6.72. The Morgan fingerprint density at radius 3 is 2.23 bits per heavy atom. The Morgan fingerprint density at radius 2 is 1.60 bits per heavy atom. The summed E-state index contributed by atoms with van der Waals surface area (Å²) in [6, 6.07) is 12.7. The molecule has 2 heterocycles. The first kappa shape index (κ1) is 24.6. The molecule has 0 amide bonds. The molecule has 2 aromatic carbocycles. The standard InChI is InChI=1S/C27H31NO7/c1-28-19-14-20(16-21(28)22(15-19)35-27(30)18-8-6-5-7-9-18)34-25(29)11-10-17-12-23(31-2)26(33-4)24(13-17)32-3/h5-13,19-22H,14-16H2,1-4H3/b11-10-/t19-,20-,21+,22-/m0/s1. The van der Waals surface area contributed by atoms with E-state index >= 15 is 0 Å². The minimum atomic E-state index is -0.425. The molecular formula is C27H31NO7. The predicted molar refractivity (Wildman–Crippen MR) is 130 cm³/mol. The molecule has 2 aliphatic heterocycles. The maximum absolute atomic E-state index is 12.6. The van der Waals surface area contributed by atoms with E-state index in [-0.39, 0.29) is 30.3 Å². The van der Waals surface area contributed by atoms with Crippen molar-refractivity contribution in [3.63, 3.8) is 0 Å². The lowest BCUT2D eigenvalue weighted by atomic mass is 10.0. The van der Waals surface area contributed by atoms with Crippen LogP contribution in [-0.4, -0.2) is 69.5 Å². The molecule has 0 N–H and O–H groups in total. The number of carbonyl (C=O) groups is 2. The molecule has 2 aromatic rings. The van der Waals surface area contributed by atoms with E-state index in [1.54, 1.807) is 30.3 Å². The van der Waals surface area contributed by atoms with Crippen LogP contribution in [-0.2, 0) is 14.3 Å². The molecule has 2 saturated heterocycles. The van der Waals surface area contributed by atoms with Gasteiger partial charge in [0.1, 0.15) is 12.2 Å². The summed E-state index contributed by atoms with van der Waals surface area (Å²) in [5.41, 5.74) is 1.25. The van der Waals surface area contributed by atoms with Crippen LogP contribution in [0.3, 0.4) is 0 Å². The summed E-state index contributed by atoms with van der Waals surface area (Å²) in [7, 11) is 6.65. The van der Waals surface area contributed by atoms with Crippen molar-refractivity contribution in [2.75, 3.05) is 28.4 Å². The first-order chi connectivity index (χ1) is 16.9. The normalized spacial score (nSPS) is 23.7. The van der Waals surface area contributed by atoms with Gasteiger partial charge in [0, 0.05) is 31.4 Å². The van der Waals surface area contributed by atoms with Gasteiger partial charge in [-0.25, -0.2) is 9.59 Å². The second-order valence-corrected chi connectivity index (χ2v) is 8.75. The van der Waals surface area contributed by atoms with Gasteiger partial charge in [0.25, 0.3) is 0 Å². The minimum Gasteiger partial charge on any atom is -0.493 e. The zero-order chi connectivity index (χ0) is 24.9. The lowest BCUT2D eigenvalue weighted by molar-refractivity contribution is -0.146. The number of benzene rings is 2. The zero-order valence-electron chi connectivity index (χ0n) is 20.4. The number of fused-ring (bicyclic) bond motifs is 2. The first-order valence-corrected chi connectivity index (χ1v) is 11.6. The minimum absolute atomic E-state index is 0.0123. The van der Waals surface area contributed by atoms with E-state index in [2.05, 4.69) is 4.90 Å². The molecule has 35 heavy (non-hydrogen) atoms. The summed E-state index contributed by atoms with van der Waals surface area (Å²) >= 11 is 0. The number of nitrogens with zero attached hydrogens (tertiary/aromatic N) is 1. The quantitative estimate of drug-likeness (QED) is 0.417. The SMILES string of the molecule is COc1cc(/C=C\C(=O)O[C@H]2C[C@H]3C[C@H](OC(=O)c4ccccc4)[C@@H](C2)N3C)cc(OC)c1OC. The molecule has 4 atom stereocenters. The average molecular weight is 482 g/mol. The van der Waals surface area contributed by atoms with Crippen molar-refractivity contribution in [2.45, 2.75) is 43.6 Å². The van der Waals surface area contributed by atoms with Gasteiger partial charge in [-0.1, -0.05) is 18.2 Å². The van der Waals surface area contributed by atoms with Crippen molar-refractivity contribution in [3.8, 4) is 17.2 Å². The molecule has 4 rings (SSSR count). The van der Waals surface area contributed by atoms with Crippen LogP contribution in [0, 0.1) is 0 Å². The molecule has 2 fully saturated rings. The summed E-state index contributed by atoms with van der Waals surface area (Å²) in [6.45, 7) is 0. The Kier molecular flexibility index (Phi) is 7.60. The lowest BCUT2D eigenvalue weighted by Crippen LogP contribution is -2.46. The van der Waals surface area contributed by atoms with Gasteiger partial charge in [-0.2, -0.15) is 0 Å². The molecule has 2 aliphatic rings. The van der Waals surface area contributed by atoms with Crippen molar-refractivity contribution in [3.05, 3.63) is 59.7 Å². The van der Waals surface area contributed by atoms with Crippen LogP contribution in [0.4, 0.5) is 0 Å². The lowest BCUT2D eigenvalue weighted by Gasteiger charge is -2.36. The van der Waals surface area contributed by atoms with Gasteiger partial charge in [-0.3, -0.25) is 4.90 Å². The number of rotatable bonds is 8. The van der Waals surface area contributed by atoms with Crippen LogP contribution in [0.25, 0.3) is 6.08 Å². The van der Waals surface area contributed by atoms with E-state index in [4.69, 9.17) is 23.7 Å². The fourth-order valence-electron chi connectivity index (χ4n) is 4.94. The average Bonchev–Trinajstić information content (AvgIpc) is 3.03. The Morgan fingerprint density at radius 1 is 0.914 bits per heavy atom. The first-order valence-electron chi connectivity index (χ1n) is 11.6. The number of likely N-dealkylation sites (N-methyl/N-ethyl adjacent to an activating group) is 1. The molecule has 0 aromatic heterocycles. The maximum atomic E-state index is 12.6. The van der Waals surface area contributed by atoms with Crippen LogP contribution < -0.4 is 14.2 Å². The van der Waals surface area contributed by atoms with Crippen LogP contribution >= 0.6 is 0 Å². The summed E-state index contributed by atoms with van der Waals surface area (Å²) in [4.78, 5) is 27.4. The molecular weight excluding hydrogens is 450 g/mol. The van der Waals surface area contributed by atoms with Gasteiger partial charge in [0.05, 0.1) is 32.9 Å². The molecule has 2 bridgehead atoms. The molecule has 0 spiro atoms. The highest BCUT2D eigenvalue weighted by Gasteiger charge is 2.47. The van der Waals surface area contributed by atoms with Crippen LogP contribution in [0.15, 0.2) is 48.5 Å². The number of esters is 2. The fourth-order valence-corrected chi connectivity index (χ4v) is 4.94. The molecule has 0 aliphatic carbocycles. The van der Waals surface area contributed by atoms with E-state index in [0.29, 0.717) is 41.2 Å². The van der Waals surface area contributed by atoms with Gasteiger partial charge < -0.3 is 23.7 Å². The number of piperidine rings is 1. The third kappa shape index (κ3) is 5.43. The van der Waals surface area contributed by atoms with E-state index in [0.717, 1.165) is 6.42 Å². The largest absolute Gasteiger partial charge is 0.493 e. The second-order valence-electron chi connectivity index (χ2n) is 8.75. The number of hydrogen-bond donors (Lipinski definition) is 0. The van der Waals surface area contributed by atoms with E-state index in [1.165, 1.54) is 27.4 Å². The number of hydrogen-bond acceptors (Lipinski definition) is 8. The summed E-state index contributed by atoms with van der Waals surface area (Å²) < 4.78 is 27.6. The highest BCUT2D eigenvalue weighted by atomic mass is 16.6. The Labute approximate surface area is 205 Å². The molecule has 8 heteroatoms. The Bertz CT molecular complexity index is 1060. The van der Waals surface area contributed by atoms with Crippen LogP contribution in [0.5, 0.6) is 17.2 Å². The van der Waals surface area contributed by atoms with Gasteiger partial charge in [0.15, 0.2) is 11.5 Å². The second kappa shape index (κ2) is 10.8. The summed E-state index contributed by atoms with van der Waals surface area (Å²) in [6.07, 6.45) is 4.64. The predicted octanol–water partition coefficient (Wildman–Crippen LogP) is 3.73. The van der Waals surface area contributed by atoms with Gasteiger partial charge >= 0.3 is 11.9 Å². The van der Waals surface area contributed by atoms with E-state index in [9.17, 15) is 9.59 Å². The van der Waals surface area contributed by atoms with Crippen molar-refractivity contribution < 1.29 is 33.3 Å². The highest BCUT2D eigenvalue weighted by Crippen LogP contribution is 2.39. The van der Waals surface area contributed by atoms with E-state index < -0.39 is 5.97 Å². The topological polar surface area (TPSA) is 83.5 Å². The van der Waals surface area contributed by atoms with Gasteiger partial charge in [-0.05, 0) is 43.0 Å². The van der Waals surface area contributed by atoms with Crippen molar-refractivity contribution in [2.24, 2.45) is 0 Å². The number of methoxy groups -OCH3 is 3. The Balaban J connectivity index is 1.37. The molecule has 186 valence electrons. The summed E-state index contributed by atoms with van der Waals surface area (Å²) in [5.74, 6) is 0.744. The smallest absolute Gasteiger partial charge is 0.338 e. The molecule has 0 radical (unpaired) electrons. The Hall–Kier alpha value is -3.52. The monoisotopic (exact) mass is 481 g/mol. The van der Waals surface area contributed by atoms with E-state index in [1.807, 2.05) is 25.2 Å². The molecule has 0 unspecified atom stereocenters. The maximum Gasteiger partial charge on any atom is 0.338 e. The third-order valence-corrected chi connectivity index (χ3v) is 6.72. The van der Waals surface area contributed by atoms with Crippen molar-refractivity contribution >= 4 is 18.0 Å². The highest BCUT2D eigenvalue weighted by molar-refractivity contribution is 5.89. The van der Waals surface area contributed by atoms with Gasteiger partial charge in [0.2, 0.25) is 5.75 Å². The number of carbonyl (C=O) groups excluding carboxylic acids is 2. The number of ether oxygens (including phenoxy) is 5. The zero-order valence-corrected chi connectivity index (χ0v) is 20.4. The van der Waals surface area contributed by atoms with Crippen molar-refractivity contribution in [1.29, 1.82) is 0 Å². The van der Waals surface area contributed by atoms with Gasteiger partial charge in [-0.15, -0.1) is 0 Å². The molecule has 8 nitrogen and oxygen atoms in total. The van der Waals surface area contributed by atoms with Crippen LogP contribution in [0.2, 0.25) is 0 Å². The summed E-state index contributed by atoms with van der Waals surface area (Å²) in [5, 5.41) is 0. The van der Waals surface area contributed by atoms with Crippen molar-refractivity contribution in [1.82, 2.24) is 4.90 Å².